The first kappa shape index (κ1) is 20.9. The fraction of sp³-hybridized carbons (Fsp3) is 0.368. The number of hydrogen-bond donors (Lipinski definition) is 1. The van der Waals surface area contributed by atoms with E-state index in [2.05, 4.69) is 27.3 Å². The molecule has 0 atom stereocenters. The van der Waals surface area contributed by atoms with Crippen molar-refractivity contribution >= 4 is 22.7 Å². The van der Waals surface area contributed by atoms with Gasteiger partial charge in [0.2, 0.25) is 5.82 Å². The van der Waals surface area contributed by atoms with Crippen LogP contribution >= 0.6 is 0 Å². The van der Waals surface area contributed by atoms with Gasteiger partial charge in [0, 0.05) is 34.0 Å². The molecule has 0 spiro atoms. The second kappa shape index (κ2) is 9.10. The van der Waals surface area contributed by atoms with Crippen LogP contribution in [0.1, 0.15) is 24.5 Å². The quantitative estimate of drug-likeness (QED) is 0.606. The van der Waals surface area contributed by atoms with Gasteiger partial charge in [0.1, 0.15) is 5.75 Å². The fourth-order valence-corrected chi connectivity index (χ4v) is 4.26. The molecule has 0 amide bonds. The first-order valence-corrected chi connectivity index (χ1v) is 10.6. The molecule has 0 saturated carbocycles. The molecule has 1 N–H and O–H groups in total. The van der Waals surface area contributed by atoms with Gasteiger partial charge in [-0.05, 0) is 45.2 Å². The highest BCUT2D eigenvalue weighted by molar-refractivity contribution is 7.86. The number of aldehydes is 1. The molecule has 0 bridgehead atoms. The van der Waals surface area contributed by atoms with Crippen molar-refractivity contribution in [2.75, 3.05) is 25.2 Å². The van der Waals surface area contributed by atoms with Crippen LogP contribution in [-0.2, 0) is 10.8 Å². The Hall–Kier alpha value is -2.85. The third-order valence-corrected chi connectivity index (χ3v) is 6.16. The van der Waals surface area contributed by atoms with Crippen molar-refractivity contribution in [2.45, 2.75) is 19.4 Å². The Morgan fingerprint density at radius 3 is 2.76 bits per heavy atom. The molecule has 0 aromatic carbocycles. The predicted octanol–water partition coefficient (Wildman–Crippen LogP) is 1.85. The maximum Gasteiger partial charge on any atom is 0.262 e. The second-order valence-electron chi connectivity index (χ2n) is 6.64. The zero-order chi connectivity index (χ0) is 20.9. The van der Waals surface area contributed by atoms with Crippen LogP contribution in [-0.4, -0.2) is 60.8 Å². The summed E-state index contributed by atoms with van der Waals surface area (Å²) >= 11 is 0. The number of ether oxygens (including phenoxy) is 2. The van der Waals surface area contributed by atoms with Gasteiger partial charge in [-0.3, -0.25) is 9.00 Å². The lowest BCUT2D eigenvalue weighted by molar-refractivity contribution is 0.111. The highest BCUT2D eigenvalue weighted by Gasteiger charge is 2.36. The van der Waals surface area contributed by atoms with Crippen LogP contribution in [0.15, 0.2) is 36.7 Å². The van der Waals surface area contributed by atoms with Crippen molar-refractivity contribution in [1.29, 1.82) is 0 Å². The van der Waals surface area contributed by atoms with Gasteiger partial charge < -0.3 is 14.8 Å². The topological polar surface area (TPSA) is 108 Å². The van der Waals surface area contributed by atoms with E-state index in [0.29, 0.717) is 35.9 Å². The zero-order valence-electron chi connectivity index (χ0n) is 16.5. The van der Waals surface area contributed by atoms with Crippen LogP contribution in [0.4, 0.5) is 0 Å². The van der Waals surface area contributed by atoms with E-state index in [1.54, 1.807) is 36.7 Å². The molecule has 4 rings (SSSR count). The predicted molar refractivity (Wildman–Crippen MR) is 109 cm³/mol. The van der Waals surface area contributed by atoms with E-state index in [4.69, 9.17) is 9.47 Å². The number of aromatic nitrogens is 4. The molecule has 0 radical (unpaired) electrons. The molecular weight excluding hydrogens is 394 g/mol. The average Bonchev–Trinajstić information content (AvgIpc) is 3.12. The molecule has 29 heavy (non-hydrogen) atoms. The molecule has 3 aromatic heterocycles. The lowest BCUT2D eigenvalue weighted by Crippen LogP contribution is -2.58. The summed E-state index contributed by atoms with van der Waals surface area (Å²) in [7, 11) is 1.39. The van der Waals surface area contributed by atoms with Crippen LogP contribution in [0.2, 0.25) is 0 Å². The molecule has 10 heteroatoms. The first-order chi connectivity index (χ1) is 14.0. The summed E-state index contributed by atoms with van der Waals surface area (Å²) in [6.07, 6.45) is 3.84. The SMILES string of the molecule is CCOc1cccnc1Oc1ccc2nc(C=O)nn2c1.CNC1(C)CS(=O)C1. The van der Waals surface area contributed by atoms with E-state index in [1.165, 1.54) is 4.52 Å². The van der Waals surface area contributed by atoms with Crippen LogP contribution in [0.5, 0.6) is 17.4 Å². The van der Waals surface area contributed by atoms with E-state index < -0.39 is 10.8 Å². The monoisotopic (exact) mass is 417 g/mol. The molecule has 3 aromatic rings. The Morgan fingerprint density at radius 2 is 2.14 bits per heavy atom. The second-order valence-corrected chi connectivity index (χ2v) is 8.09. The third kappa shape index (κ3) is 5.15. The molecule has 1 fully saturated rings. The van der Waals surface area contributed by atoms with Gasteiger partial charge in [-0.25, -0.2) is 14.5 Å². The van der Waals surface area contributed by atoms with E-state index in [0.717, 1.165) is 11.5 Å². The number of carbonyl (C=O) groups excluding carboxylic acids is 1. The maximum absolute atomic E-state index is 10.7. The molecule has 4 heterocycles. The Bertz CT molecular complexity index is 1010. The minimum atomic E-state index is -0.524. The summed E-state index contributed by atoms with van der Waals surface area (Å²) in [5.41, 5.74) is 0.751. The summed E-state index contributed by atoms with van der Waals surface area (Å²) in [4.78, 5) is 18.8. The number of nitrogens with zero attached hydrogens (tertiary/aromatic N) is 4. The van der Waals surface area contributed by atoms with Crippen molar-refractivity contribution < 1.29 is 18.5 Å². The van der Waals surface area contributed by atoms with Crippen molar-refractivity contribution in [3.8, 4) is 17.4 Å². The summed E-state index contributed by atoms with van der Waals surface area (Å²) < 4.78 is 23.2. The summed E-state index contributed by atoms with van der Waals surface area (Å²) in [5, 5.41) is 7.11. The molecule has 1 aliphatic rings. The van der Waals surface area contributed by atoms with Gasteiger partial charge in [-0.1, -0.05) is 0 Å². The van der Waals surface area contributed by atoms with Gasteiger partial charge in [0.25, 0.3) is 5.88 Å². The third-order valence-electron chi connectivity index (χ3n) is 4.24. The largest absolute Gasteiger partial charge is 0.488 e. The smallest absolute Gasteiger partial charge is 0.262 e. The molecule has 1 saturated heterocycles. The van der Waals surface area contributed by atoms with Crippen molar-refractivity contribution in [2.24, 2.45) is 0 Å². The van der Waals surface area contributed by atoms with Crippen molar-refractivity contribution in [3.63, 3.8) is 0 Å². The minimum Gasteiger partial charge on any atom is -0.488 e. The number of fused-ring (bicyclic) bond motifs is 1. The Balaban J connectivity index is 0.000000252. The number of rotatable bonds is 6. The van der Waals surface area contributed by atoms with Crippen LogP contribution < -0.4 is 14.8 Å². The summed E-state index contributed by atoms with van der Waals surface area (Å²) in [6.45, 7) is 4.50. The lowest BCUT2D eigenvalue weighted by atomic mass is 10.1. The fourth-order valence-electron chi connectivity index (χ4n) is 2.63. The molecule has 1 aliphatic heterocycles. The van der Waals surface area contributed by atoms with Gasteiger partial charge in [0.05, 0.1) is 12.8 Å². The number of carbonyl (C=O) groups is 1. The molecule has 0 unspecified atom stereocenters. The summed E-state index contributed by atoms with van der Waals surface area (Å²) in [5.74, 6) is 3.22. The lowest BCUT2D eigenvalue weighted by Gasteiger charge is -2.36. The number of pyridine rings is 2. The Labute approximate surface area is 170 Å². The molecule has 9 nitrogen and oxygen atoms in total. The van der Waals surface area contributed by atoms with Gasteiger partial charge >= 0.3 is 0 Å². The van der Waals surface area contributed by atoms with Gasteiger partial charge in [-0.15, -0.1) is 5.10 Å². The first-order valence-electron chi connectivity index (χ1n) is 9.07. The average molecular weight is 417 g/mol. The normalized spacial score (nSPS) is 20.3. The zero-order valence-corrected chi connectivity index (χ0v) is 17.3. The Kier molecular flexibility index (Phi) is 6.55. The van der Waals surface area contributed by atoms with Crippen LogP contribution in [0.25, 0.3) is 5.65 Å². The van der Waals surface area contributed by atoms with E-state index in [9.17, 15) is 9.00 Å². The molecule has 154 valence electrons. The van der Waals surface area contributed by atoms with E-state index >= 15 is 0 Å². The van der Waals surface area contributed by atoms with Gasteiger partial charge in [-0.2, -0.15) is 0 Å². The maximum atomic E-state index is 10.7. The standard InChI is InChI=1S/C14H12N4O3.C5H11NOS/c1-2-20-11-4-3-7-15-14(11)21-10-5-6-13-16-12(9-19)17-18(13)8-10;1-5(6-2)3-8(7)4-5/h3-9H,2H2,1H3;6H,3-4H2,1-2H3. The van der Waals surface area contributed by atoms with Gasteiger partial charge in [0.15, 0.2) is 17.7 Å². The highest BCUT2D eigenvalue weighted by atomic mass is 32.2. The van der Waals surface area contributed by atoms with Crippen LogP contribution in [0.3, 0.4) is 0 Å². The minimum absolute atomic E-state index is 0.125. The Morgan fingerprint density at radius 1 is 1.34 bits per heavy atom. The van der Waals surface area contributed by atoms with E-state index in [1.807, 2.05) is 14.0 Å². The highest BCUT2D eigenvalue weighted by Crippen LogP contribution is 2.28. The van der Waals surface area contributed by atoms with Crippen LogP contribution in [0, 0.1) is 0 Å². The summed E-state index contributed by atoms with van der Waals surface area (Å²) in [6, 6.07) is 6.99. The molecule has 0 aliphatic carbocycles. The number of nitrogens with one attached hydrogen (secondary N) is 1. The molecular formula is C19H23N5O4S. The van der Waals surface area contributed by atoms with Crippen molar-refractivity contribution in [1.82, 2.24) is 24.9 Å². The van der Waals surface area contributed by atoms with Crippen molar-refractivity contribution in [3.05, 3.63) is 42.5 Å². The number of hydrogen-bond acceptors (Lipinski definition) is 8. The van der Waals surface area contributed by atoms with E-state index in [-0.39, 0.29) is 11.4 Å².